The molecule has 0 spiro atoms. The van der Waals surface area contributed by atoms with Gasteiger partial charge in [0, 0.05) is 0 Å². The van der Waals surface area contributed by atoms with E-state index < -0.39 is 0 Å². The summed E-state index contributed by atoms with van der Waals surface area (Å²) in [6, 6.07) is 4.21. The maximum Gasteiger partial charge on any atom is 0.126 e. The van der Waals surface area contributed by atoms with Crippen LogP contribution in [0.4, 0.5) is 4.39 Å². The zero-order chi connectivity index (χ0) is 21.6. The lowest BCUT2D eigenvalue weighted by Gasteiger charge is -2.42. The molecule has 0 amide bonds. The molecule has 4 rings (SSSR count). The minimum atomic E-state index is 0.0831. The van der Waals surface area contributed by atoms with Crippen LogP contribution in [0.15, 0.2) is 24.3 Å². The fourth-order valence-corrected chi connectivity index (χ4v) is 6.68. The van der Waals surface area contributed by atoms with Crippen LogP contribution in [0.5, 0.6) is 0 Å². The lowest BCUT2D eigenvalue weighted by Crippen LogP contribution is -2.34. The monoisotopic (exact) mass is 426 g/mol. The van der Waals surface area contributed by atoms with Gasteiger partial charge >= 0.3 is 0 Å². The molecule has 0 heterocycles. The van der Waals surface area contributed by atoms with Crippen molar-refractivity contribution in [3.8, 4) is 0 Å². The maximum absolute atomic E-state index is 15.2. The summed E-state index contributed by atoms with van der Waals surface area (Å²) in [4.78, 5) is 0. The normalized spacial score (nSPS) is 30.9. The first-order chi connectivity index (χ1) is 15.2. The highest BCUT2D eigenvalue weighted by Gasteiger charge is 2.37. The molecular weight excluding hydrogens is 383 g/mol. The van der Waals surface area contributed by atoms with Crippen LogP contribution in [-0.2, 0) is 17.6 Å². The molecule has 3 aliphatic carbocycles. The third-order valence-electron chi connectivity index (χ3n) is 8.53. The molecule has 0 radical (unpaired) electrons. The number of hydrogen-bond acceptors (Lipinski definition) is 1. The Hall–Kier alpha value is -1.15. The summed E-state index contributed by atoms with van der Waals surface area (Å²) in [5.74, 6) is 2.82. The average Bonchev–Trinajstić information content (AvgIpc) is 2.78. The Balaban J connectivity index is 1.35. The minimum absolute atomic E-state index is 0.0831. The molecule has 3 aliphatic rings. The van der Waals surface area contributed by atoms with Crippen LogP contribution in [0.1, 0.15) is 107 Å². The number of ether oxygens (including phenoxy) is 1. The van der Waals surface area contributed by atoms with Gasteiger partial charge in [-0.15, -0.1) is 0 Å². The lowest BCUT2D eigenvalue weighted by molar-refractivity contribution is -0.00334. The maximum atomic E-state index is 15.2. The molecule has 31 heavy (non-hydrogen) atoms. The van der Waals surface area contributed by atoms with Crippen molar-refractivity contribution in [3.63, 3.8) is 0 Å². The van der Waals surface area contributed by atoms with Crippen LogP contribution in [0, 0.1) is 23.6 Å². The van der Waals surface area contributed by atoms with E-state index in [1.807, 2.05) is 13.0 Å². The zero-order valence-electron chi connectivity index (χ0n) is 19.9. The van der Waals surface area contributed by atoms with Gasteiger partial charge in [0.05, 0.1) is 12.7 Å². The zero-order valence-corrected chi connectivity index (χ0v) is 19.9. The highest BCUT2D eigenvalue weighted by molar-refractivity contribution is 5.37. The summed E-state index contributed by atoms with van der Waals surface area (Å²) in [6.45, 7) is 5.07. The van der Waals surface area contributed by atoms with Crippen LogP contribution in [0.3, 0.4) is 0 Å². The number of halogens is 1. The van der Waals surface area contributed by atoms with E-state index in [0.29, 0.717) is 12.0 Å². The summed E-state index contributed by atoms with van der Waals surface area (Å²) < 4.78 is 21.3. The summed E-state index contributed by atoms with van der Waals surface area (Å²) in [6.07, 6.45) is 20.7. The Morgan fingerprint density at radius 3 is 2.68 bits per heavy atom. The van der Waals surface area contributed by atoms with Gasteiger partial charge in [0.1, 0.15) is 5.82 Å². The number of fused-ring (bicyclic) bond motifs is 2. The number of benzene rings is 1. The van der Waals surface area contributed by atoms with Gasteiger partial charge < -0.3 is 4.74 Å². The number of hydrogen-bond donors (Lipinski definition) is 0. The molecule has 2 heteroatoms. The first-order valence-electron chi connectivity index (χ1n) is 13.2. The molecular formula is C29H43FO. The second kappa shape index (κ2) is 11.1. The second-order valence-electron chi connectivity index (χ2n) is 10.6. The van der Waals surface area contributed by atoms with Gasteiger partial charge in [0.15, 0.2) is 0 Å². The van der Waals surface area contributed by atoms with Crippen LogP contribution >= 0.6 is 0 Å². The van der Waals surface area contributed by atoms with Gasteiger partial charge in [0.2, 0.25) is 0 Å². The molecule has 2 saturated carbocycles. The van der Waals surface area contributed by atoms with Crippen molar-refractivity contribution in [1.82, 2.24) is 0 Å². The Labute approximate surface area is 189 Å². The molecule has 5 atom stereocenters. The Kier molecular flexibility index (Phi) is 8.26. The Morgan fingerprint density at radius 1 is 1.00 bits per heavy atom. The summed E-state index contributed by atoms with van der Waals surface area (Å²) in [5, 5.41) is 0. The third-order valence-corrected chi connectivity index (χ3v) is 8.53. The Morgan fingerprint density at radius 2 is 1.84 bits per heavy atom. The smallest absolute Gasteiger partial charge is 0.126 e. The fraction of sp³-hybridized carbons (Fsp3) is 0.724. The van der Waals surface area contributed by atoms with Gasteiger partial charge in [-0.05, 0) is 111 Å². The highest BCUT2D eigenvalue weighted by atomic mass is 19.1. The van der Waals surface area contributed by atoms with E-state index in [-0.39, 0.29) is 5.82 Å². The molecule has 0 aromatic heterocycles. The number of unbranched alkanes of at least 4 members (excludes halogenated alkanes) is 2. The van der Waals surface area contributed by atoms with E-state index in [1.165, 1.54) is 75.3 Å². The van der Waals surface area contributed by atoms with Crippen molar-refractivity contribution in [2.24, 2.45) is 17.8 Å². The lowest BCUT2D eigenvalue weighted by atomic mass is 9.65. The van der Waals surface area contributed by atoms with Crippen LogP contribution in [-0.4, -0.2) is 12.7 Å². The quantitative estimate of drug-likeness (QED) is 0.301. The molecule has 0 N–H and O–H groups in total. The van der Waals surface area contributed by atoms with Gasteiger partial charge in [0.25, 0.3) is 0 Å². The van der Waals surface area contributed by atoms with Crippen molar-refractivity contribution in [2.75, 3.05) is 6.61 Å². The van der Waals surface area contributed by atoms with E-state index in [0.717, 1.165) is 49.2 Å². The largest absolute Gasteiger partial charge is 0.374 e. The first-order valence-corrected chi connectivity index (χ1v) is 13.2. The number of aryl methyl sites for hydroxylation is 1. The van der Waals surface area contributed by atoms with E-state index >= 15 is 4.39 Å². The average molecular weight is 427 g/mol. The first kappa shape index (κ1) is 23.0. The molecule has 1 aromatic carbocycles. The highest BCUT2D eigenvalue weighted by Crippen LogP contribution is 2.47. The predicted molar refractivity (Wildman–Crippen MR) is 128 cm³/mol. The van der Waals surface area contributed by atoms with Gasteiger partial charge in [-0.25, -0.2) is 4.39 Å². The van der Waals surface area contributed by atoms with Crippen molar-refractivity contribution < 1.29 is 9.13 Å². The topological polar surface area (TPSA) is 9.23 Å². The summed E-state index contributed by atoms with van der Waals surface area (Å²) in [5.41, 5.74) is 3.79. The van der Waals surface area contributed by atoms with E-state index in [9.17, 15) is 0 Å². The van der Waals surface area contributed by atoms with E-state index in [1.54, 1.807) is 0 Å². The molecule has 1 nitrogen and oxygen atoms in total. The molecule has 0 bridgehead atoms. The molecule has 5 unspecified atom stereocenters. The third kappa shape index (κ3) is 5.81. The summed E-state index contributed by atoms with van der Waals surface area (Å²) in [7, 11) is 0. The fourth-order valence-electron chi connectivity index (χ4n) is 6.68. The minimum Gasteiger partial charge on any atom is -0.374 e. The second-order valence-corrected chi connectivity index (χ2v) is 10.6. The number of allylic oxidation sites excluding steroid dienone is 1. The van der Waals surface area contributed by atoms with Crippen molar-refractivity contribution in [1.29, 1.82) is 0 Å². The molecule has 0 saturated heterocycles. The number of rotatable bonds is 8. The molecule has 0 aliphatic heterocycles. The van der Waals surface area contributed by atoms with Gasteiger partial charge in [-0.3, -0.25) is 0 Å². The van der Waals surface area contributed by atoms with Crippen molar-refractivity contribution in [3.05, 3.63) is 46.8 Å². The molecule has 172 valence electrons. The molecule has 2 fully saturated rings. The van der Waals surface area contributed by atoms with Gasteiger partial charge in [-0.1, -0.05) is 50.8 Å². The van der Waals surface area contributed by atoms with Crippen LogP contribution in [0.2, 0.25) is 0 Å². The SMILES string of the molecule is C/C=C/COC1CCC2CC(c3cc4c(cc3F)CC(CCCCC)CC4)CCC2C1. The summed E-state index contributed by atoms with van der Waals surface area (Å²) >= 11 is 0. The van der Waals surface area contributed by atoms with E-state index in [4.69, 9.17) is 4.74 Å². The van der Waals surface area contributed by atoms with Gasteiger partial charge in [-0.2, -0.15) is 0 Å². The van der Waals surface area contributed by atoms with E-state index in [2.05, 4.69) is 25.1 Å². The van der Waals surface area contributed by atoms with Crippen LogP contribution in [0.25, 0.3) is 0 Å². The van der Waals surface area contributed by atoms with Crippen molar-refractivity contribution in [2.45, 2.75) is 109 Å². The molecule has 1 aromatic rings. The Bertz CT molecular complexity index is 738. The standard InChI is InChI=1S/C29H43FO/c1-3-5-7-8-21-9-10-24-19-28(29(30)20-26(24)16-21)25-12-11-23-18-27(31-15-6-4-2)14-13-22(23)17-25/h4,6,19-23,25,27H,3,5,7-18H2,1-2H3/b6-4+. The van der Waals surface area contributed by atoms with Crippen LogP contribution < -0.4 is 0 Å². The predicted octanol–water partition coefficient (Wildman–Crippen LogP) is 8.16. The van der Waals surface area contributed by atoms with Crippen molar-refractivity contribution >= 4 is 0 Å².